The molecule has 0 unspecified atom stereocenters. The molecule has 2 fully saturated rings. The Morgan fingerprint density at radius 1 is 1.15 bits per heavy atom. The first-order valence-corrected chi connectivity index (χ1v) is 12.4. The van der Waals surface area contributed by atoms with Crippen molar-refractivity contribution in [2.24, 2.45) is 0 Å². The molecular weight excluding hydrogens is 454 g/mol. The van der Waals surface area contributed by atoms with E-state index in [1.54, 1.807) is 7.11 Å². The number of fused-ring (bicyclic) bond motifs is 3. The lowest BCUT2D eigenvalue weighted by Gasteiger charge is -2.27. The maximum Gasteiger partial charge on any atom is 0.234 e. The quantitative estimate of drug-likeness (QED) is 0.396. The Kier molecular flexibility index (Phi) is 5.54. The number of hydrogen-bond donors (Lipinski definition) is 1. The van der Waals surface area contributed by atoms with Crippen LogP contribution in [0.4, 0.5) is 11.6 Å². The van der Waals surface area contributed by atoms with Gasteiger partial charge in [-0.25, -0.2) is 0 Å². The molecule has 1 amide bonds. The van der Waals surface area contributed by atoms with Crippen LogP contribution < -0.4 is 15.0 Å². The predicted molar refractivity (Wildman–Crippen MR) is 131 cm³/mol. The maximum absolute atomic E-state index is 12.9. The molecule has 6 rings (SSSR count). The van der Waals surface area contributed by atoms with Crippen LogP contribution in [0.5, 0.6) is 5.75 Å². The number of ether oxygens (including phenoxy) is 2. The van der Waals surface area contributed by atoms with E-state index in [1.165, 1.54) is 11.8 Å². The normalized spacial score (nSPS) is 16.3. The Hall–Kier alpha value is -3.24. The number of rotatable bonds is 7. The summed E-state index contributed by atoms with van der Waals surface area (Å²) in [5.41, 5.74) is 2.08. The lowest BCUT2D eigenvalue weighted by atomic mass is 10.1. The third-order valence-corrected chi connectivity index (χ3v) is 7.10. The van der Waals surface area contributed by atoms with Gasteiger partial charge in [0.1, 0.15) is 16.9 Å². The van der Waals surface area contributed by atoms with Gasteiger partial charge in [-0.1, -0.05) is 30.0 Å². The van der Waals surface area contributed by atoms with E-state index in [2.05, 4.69) is 25.0 Å². The first kappa shape index (κ1) is 21.3. The molecule has 0 radical (unpaired) electrons. The second-order valence-electron chi connectivity index (χ2n) is 8.47. The molecule has 1 saturated carbocycles. The molecule has 0 spiro atoms. The highest BCUT2D eigenvalue weighted by atomic mass is 32.2. The van der Waals surface area contributed by atoms with Crippen molar-refractivity contribution < 1.29 is 18.7 Å². The van der Waals surface area contributed by atoms with Gasteiger partial charge in [0.05, 0.1) is 31.8 Å². The highest BCUT2D eigenvalue weighted by Crippen LogP contribution is 2.41. The van der Waals surface area contributed by atoms with E-state index in [-0.39, 0.29) is 11.7 Å². The van der Waals surface area contributed by atoms with Gasteiger partial charge < -0.3 is 24.1 Å². The topological polar surface area (TPSA) is 94.6 Å². The van der Waals surface area contributed by atoms with Crippen molar-refractivity contribution in [2.75, 3.05) is 49.4 Å². The van der Waals surface area contributed by atoms with Crippen LogP contribution in [0.25, 0.3) is 21.9 Å². The molecule has 34 heavy (non-hydrogen) atoms. The molecule has 1 saturated heterocycles. The summed E-state index contributed by atoms with van der Waals surface area (Å²) in [6.07, 6.45) is 2.23. The van der Waals surface area contributed by atoms with Gasteiger partial charge in [0, 0.05) is 36.0 Å². The lowest BCUT2D eigenvalue weighted by molar-refractivity contribution is -0.113. The molecule has 0 bridgehead atoms. The summed E-state index contributed by atoms with van der Waals surface area (Å²) in [5, 5.41) is 14.6. The molecule has 9 nitrogen and oxygen atoms in total. The van der Waals surface area contributed by atoms with Crippen LogP contribution in [0.2, 0.25) is 0 Å². The van der Waals surface area contributed by atoms with E-state index in [0.29, 0.717) is 36.3 Å². The van der Waals surface area contributed by atoms with Crippen molar-refractivity contribution in [1.29, 1.82) is 0 Å². The number of nitrogens with one attached hydrogen (secondary N) is 1. The van der Waals surface area contributed by atoms with Crippen molar-refractivity contribution in [3.63, 3.8) is 0 Å². The summed E-state index contributed by atoms with van der Waals surface area (Å²) in [5.74, 6) is 1.55. The van der Waals surface area contributed by atoms with E-state index < -0.39 is 0 Å². The maximum atomic E-state index is 12.9. The first-order valence-electron chi connectivity index (χ1n) is 11.4. The van der Waals surface area contributed by atoms with Crippen molar-refractivity contribution >= 4 is 51.2 Å². The summed E-state index contributed by atoms with van der Waals surface area (Å²) >= 11 is 1.40. The number of thioether (sulfide) groups is 1. The van der Waals surface area contributed by atoms with Crippen LogP contribution >= 0.6 is 11.8 Å². The number of para-hydroxylation sites is 1. The second-order valence-corrected chi connectivity index (χ2v) is 9.41. The van der Waals surface area contributed by atoms with Crippen molar-refractivity contribution in [3.8, 4) is 5.75 Å². The van der Waals surface area contributed by atoms with E-state index in [0.717, 1.165) is 53.4 Å². The van der Waals surface area contributed by atoms with Crippen LogP contribution in [-0.2, 0) is 9.53 Å². The van der Waals surface area contributed by atoms with Gasteiger partial charge in [0.2, 0.25) is 11.9 Å². The highest BCUT2D eigenvalue weighted by Gasteiger charge is 2.32. The zero-order valence-corrected chi connectivity index (χ0v) is 19.6. The average Bonchev–Trinajstić information content (AvgIpc) is 3.51. The molecule has 2 aromatic heterocycles. The SMILES string of the molecule is COc1cc2c(cc1NC(=O)CSc1nnc(N3CCOCC3)n1C1CC1)oc1ccccc12. The number of aromatic nitrogens is 3. The molecule has 1 N–H and O–H groups in total. The third kappa shape index (κ3) is 3.97. The summed E-state index contributed by atoms with van der Waals surface area (Å²) in [4.78, 5) is 15.1. The molecule has 10 heteroatoms. The van der Waals surface area contributed by atoms with E-state index in [9.17, 15) is 4.79 Å². The Balaban J connectivity index is 1.19. The third-order valence-electron chi connectivity index (χ3n) is 6.16. The monoisotopic (exact) mass is 479 g/mol. The Morgan fingerprint density at radius 2 is 1.97 bits per heavy atom. The molecule has 4 aromatic rings. The summed E-state index contributed by atoms with van der Waals surface area (Å²) < 4.78 is 19.2. The van der Waals surface area contributed by atoms with Gasteiger partial charge in [-0.05, 0) is 25.0 Å². The van der Waals surface area contributed by atoms with Gasteiger partial charge in [-0.3, -0.25) is 9.36 Å². The minimum absolute atomic E-state index is 0.142. The molecule has 0 atom stereocenters. The van der Waals surface area contributed by atoms with Crippen LogP contribution in [0.3, 0.4) is 0 Å². The van der Waals surface area contributed by atoms with Crippen molar-refractivity contribution in [1.82, 2.24) is 14.8 Å². The number of carbonyl (C=O) groups excluding carboxylic acids is 1. The highest BCUT2D eigenvalue weighted by molar-refractivity contribution is 7.99. The second kappa shape index (κ2) is 8.84. The number of benzene rings is 2. The van der Waals surface area contributed by atoms with Gasteiger partial charge in [0.25, 0.3) is 0 Å². The predicted octanol–water partition coefficient (Wildman–Crippen LogP) is 4.09. The molecular formula is C24H25N5O4S. The first-order chi connectivity index (χ1) is 16.7. The van der Waals surface area contributed by atoms with Gasteiger partial charge >= 0.3 is 0 Å². The van der Waals surface area contributed by atoms with E-state index >= 15 is 0 Å². The smallest absolute Gasteiger partial charge is 0.234 e. The number of hydrogen-bond acceptors (Lipinski definition) is 8. The molecule has 2 aromatic carbocycles. The summed E-state index contributed by atoms with van der Waals surface area (Å²) in [7, 11) is 1.60. The van der Waals surface area contributed by atoms with Gasteiger partial charge in [-0.2, -0.15) is 0 Å². The fourth-order valence-electron chi connectivity index (χ4n) is 4.33. The van der Waals surface area contributed by atoms with Crippen molar-refractivity contribution in [2.45, 2.75) is 24.0 Å². The number of morpholine rings is 1. The number of furan rings is 1. The Bertz CT molecular complexity index is 1360. The number of carbonyl (C=O) groups is 1. The molecule has 1 aliphatic carbocycles. The average molecular weight is 480 g/mol. The van der Waals surface area contributed by atoms with Crippen molar-refractivity contribution in [3.05, 3.63) is 36.4 Å². The van der Waals surface area contributed by atoms with Crippen LogP contribution in [0, 0.1) is 0 Å². The van der Waals surface area contributed by atoms with Crippen LogP contribution in [0.15, 0.2) is 46.0 Å². The minimum atomic E-state index is -0.142. The number of anilines is 2. The Morgan fingerprint density at radius 3 is 2.76 bits per heavy atom. The minimum Gasteiger partial charge on any atom is -0.495 e. The number of amides is 1. The number of methoxy groups -OCH3 is 1. The standard InChI is InChI=1S/C24H25N5O4S/c1-31-21-12-17-16-4-2-3-5-19(16)33-20(17)13-18(21)25-22(30)14-34-24-27-26-23(29(24)15-6-7-15)28-8-10-32-11-9-28/h2-5,12-13,15H,6-11,14H2,1H3,(H,25,30). The number of nitrogens with zero attached hydrogens (tertiary/aromatic N) is 4. The van der Waals surface area contributed by atoms with Gasteiger partial charge in [0.15, 0.2) is 5.16 Å². The zero-order chi connectivity index (χ0) is 23.1. The van der Waals surface area contributed by atoms with Crippen LogP contribution in [0.1, 0.15) is 18.9 Å². The van der Waals surface area contributed by atoms with E-state index in [4.69, 9.17) is 13.9 Å². The van der Waals surface area contributed by atoms with E-state index in [1.807, 2.05) is 36.4 Å². The fourth-order valence-corrected chi connectivity index (χ4v) is 5.13. The lowest BCUT2D eigenvalue weighted by Crippen LogP contribution is -2.38. The Labute approximate surface area is 200 Å². The molecule has 2 aliphatic rings. The molecule has 3 heterocycles. The largest absolute Gasteiger partial charge is 0.495 e. The molecule has 176 valence electrons. The summed E-state index contributed by atoms with van der Waals surface area (Å²) in [6, 6.07) is 12.0. The van der Waals surface area contributed by atoms with Gasteiger partial charge in [-0.15, -0.1) is 10.2 Å². The summed E-state index contributed by atoms with van der Waals surface area (Å²) in [6.45, 7) is 3.00. The molecule has 1 aliphatic heterocycles. The van der Waals surface area contributed by atoms with Crippen LogP contribution in [-0.4, -0.2) is 59.8 Å². The zero-order valence-electron chi connectivity index (χ0n) is 18.8. The fraction of sp³-hybridized carbons (Fsp3) is 0.375.